The molecule has 0 saturated carbocycles. The van der Waals surface area contributed by atoms with Crippen molar-refractivity contribution < 1.29 is 19.4 Å². The lowest BCUT2D eigenvalue weighted by molar-refractivity contribution is -0.148. The van der Waals surface area contributed by atoms with E-state index in [0.717, 1.165) is 17.7 Å². The standard InChI is InChI=1S/C15H18N2O4/c18-13(19)15(6-9-21-10-7-15)16-14(20)17-8-5-11-3-1-2-4-12(11)17/h1-4H,5-10H2,(H,16,20)(H,18,19). The van der Waals surface area contributed by atoms with Crippen LogP contribution < -0.4 is 10.2 Å². The lowest BCUT2D eigenvalue weighted by Gasteiger charge is -2.35. The molecular formula is C15H18N2O4. The highest BCUT2D eigenvalue weighted by Crippen LogP contribution is 2.29. The summed E-state index contributed by atoms with van der Waals surface area (Å²) < 4.78 is 5.21. The van der Waals surface area contributed by atoms with Gasteiger partial charge in [-0.1, -0.05) is 18.2 Å². The van der Waals surface area contributed by atoms with Gasteiger partial charge in [0.1, 0.15) is 5.54 Å². The fourth-order valence-corrected chi connectivity index (χ4v) is 2.93. The molecule has 0 atom stereocenters. The number of nitrogens with one attached hydrogen (secondary N) is 1. The Labute approximate surface area is 122 Å². The molecule has 1 fully saturated rings. The summed E-state index contributed by atoms with van der Waals surface area (Å²) >= 11 is 0. The van der Waals surface area contributed by atoms with Gasteiger partial charge in [-0.3, -0.25) is 4.90 Å². The number of nitrogens with zero attached hydrogens (tertiary/aromatic N) is 1. The summed E-state index contributed by atoms with van der Waals surface area (Å²) in [6.45, 7) is 1.28. The van der Waals surface area contributed by atoms with Crippen LogP contribution in [-0.2, 0) is 16.0 Å². The van der Waals surface area contributed by atoms with Gasteiger partial charge in [0.15, 0.2) is 0 Å². The van der Waals surface area contributed by atoms with E-state index in [9.17, 15) is 14.7 Å². The average Bonchev–Trinajstić information content (AvgIpc) is 2.92. The maximum Gasteiger partial charge on any atom is 0.329 e. The zero-order chi connectivity index (χ0) is 14.9. The van der Waals surface area contributed by atoms with Gasteiger partial charge in [0, 0.05) is 38.3 Å². The predicted molar refractivity (Wildman–Crippen MR) is 76.4 cm³/mol. The lowest BCUT2D eigenvalue weighted by atomic mass is 9.90. The first-order valence-electron chi connectivity index (χ1n) is 7.11. The van der Waals surface area contributed by atoms with Crippen LogP contribution in [0.2, 0.25) is 0 Å². The molecule has 0 aliphatic carbocycles. The van der Waals surface area contributed by atoms with E-state index in [2.05, 4.69) is 5.32 Å². The Bertz CT molecular complexity index is 567. The van der Waals surface area contributed by atoms with Gasteiger partial charge in [-0.15, -0.1) is 0 Å². The number of aliphatic carboxylic acids is 1. The van der Waals surface area contributed by atoms with Crippen molar-refractivity contribution in [1.82, 2.24) is 5.32 Å². The zero-order valence-corrected chi connectivity index (χ0v) is 11.7. The van der Waals surface area contributed by atoms with Crippen LogP contribution in [0.25, 0.3) is 0 Å². The molecule has 2 heterocycles. The van der Waals surface area contributed by atoms with Crippen molar-refractivity contribution in [3.63, 3.8) is 0 Å². The van der Waals surface area contributed by atoms with Crippen LogP contribution in [0.1, 0.15) is 18.4 Å². The minimum absolute atomic E-state index is 0.295. The molecule has 21 heavy (non-hydrogen) atoms. The molecule has 2 aliphatic heterocycles. The smallest absolute Gasteiger partial charge is 0.329 e. The van der Waals surface area contributed by atoms with E-state index >= 15 is 0 Å². The molecule has 0 bridgehead atoms. The number of carbonyl (C=O) groups excluding carboxylic acids is 1. The fourth-order valence-electron chi connectivity index (χ4n) is 2.93. The van der Waals surface area contributed by atoms with Gasteiger partial charge in [0.05, 0.1) is 0 Å². The molecule has 6 nitrogen and oxygen atoms in total. The third-order valence-corrected chi connectivity index (χ3v) is 4.23. The van der Waals surface area contributed by atoms with Crippen molar-refractivity contribution in [2.75, 3.05) is 24.7 Å². The summed E-state index contributed by atoms with van der Waals surface area (Å²) in [6, 6.07) is 7.36. The Morgan fingerprint density at radius 2 is 1.95 bits per heavy atom. The van der Waals surface area contributed by atoms with Crippen LogP contribution in [0, 0.1) is 0 Å². The van der Waals surface area contributed by atoms with Gasteiger partial charge in [-0.2, -0.15) is 0 Å². The lowest BCUT2D eigenvalue weighted by Crippen LogP contribution is -2.60. The van der Waals surface area contributed by atoms with Gasteiger partial charge in [0.25, 0.3) is 0 Å². The maximum atomic E-state index is 12.5. The van der Waals surface area contributed by atoms with Crippen molar-refractivity contribution in [2.45, 2.75) is 24.8 Å². The summed E-state index contributed by atoms with van der Waals surface area (Å²) in [5.41, 5.74) is 0.763. The van der Waals surface area contributed by atoms with E-state index in [1.54, 1.807) is 4.90 Å². The summed E-state index contributed by atoms with van der Waals surface area (Å²) in [6.07, 6.45) is 1.39. The third kappa shape index (κ3) is 2.47. The molecule has 2 N–H and O–H groups in total. The number of fused-ring (bicyclic) bond motifs is 1. The number of anilines is 1. The van der Waals surface area contributed by atoms with Gasteiger partial charge >= 0.3 is 12.0 Å². The number of amides is 2. The molecule has 2 amide bonds. The molecule has 0 unspecified atom stereocenters. The van der Waals surface area contributed by atoms with Gasteiger partial charge in [-0.25, -0.2) is 9.59 Å². The highest BCUT2D eigenvalue weighted by molar-refractivity contribution is 5.97. The van der Waals surface area contributed by atoms with Crippen molar-refractivity contribution in [2.24, 2.45) is 0 Å². The van der Waals surface area contributed by atoms with Gasteiger partial charge in [-0.05, 0) is 18.1 Å². The molecule has 3 rings (SSSR count). The third-order valence-electron chi connectivity index (χ3n) is 4.23. The number of benzene rings is 1. The summed E-state index contributed by atoms with van der Waals surface area (Å²) in [5.74, 6) is -0.994. The highest BCUT2D eigenvalue weighted by atomic mass is 16.5. The van der Waals surface area contributed by atoms with Crippen molar-refractivity contribution in [1.29, 1.82) is 0 Å². The number of carbonyl (C=O) groups is 2. The first kappa shape index (κ1) is 13.9. The monoisotopic (exact) mass is 290 g/mol. The molecule has 0 radical (unpaired) electrons. The molecule has 1 aromatic carbocycles. The van der Waals surface area contributed by atoms with Crippen molar-refractivity contribution in [3.8, 4) is 0 Å². The molecule has 2 aliphatic rings. The fraction of sp³-hybridized carbons (Fsp3) is 0.467. The summed E-state index contributed by atoms with van der Waals surface area (Å²) in [7, 11) is 0. The molecule has 0 spiro atoms. The molecule has 6 heteroatoms. The predicted octanol–water partition coefficient (Wildman–Crippen LogP) is 1.39. The van der Waals surface area contributed by atoms with Crippen molar-refractivity contribution >= 4 is 17.7 Å². The molecule has 112 valence electrons. The van der Waals surface area contributed by atoms with Crippen molar-refractivity contribution in [3.05, 3.63) is 29.8 Å². The second-order valence-corrected chi connectivity index (χ2v) is 5.46. The topological polar surface area (TPSA) is 78.9 Å². The van der Waals surface area contributed by atoms with Crippen LogP contribution in [0.15, 0.2) is 24.3 Å². The van der Waals surface area contributed by atoms with Crippen LogP contribution >= 0.6 is 0 Å². The number of hydrogen-bond donors (Lipinski definition) is 2. The van der Waals surface area contributed by atoms with E-state index in [0.29, 0.717) is 32.6 Å². The van der Waals surface area contributed by atoms with E-state index < -0.39 is 11.5 Å². The number of ether oxygens (including phenoxy) is 1. The first-order valence-corrected chi connectivity index (χ1v) is 7.11. The molecule has 0 aromatic heterocycles. The second-order valence-electron chi connectivity index (χ2n) is 5.46. The highest BCUT2D eigenvalue weighted by Gasteiger charge is 2.43. The minimum atomic E-state index is -1.22. The zero-order valence-electron chi connectivity index (χ0n) is 11.7. The van der Waals surface area contributed by atoms with Crippen LogP contribution in [0.5, 0.6) is 0 Å². The SMILES string of the molecule is O=C(NC1(C(=O)O)CCOCC1)N1CCc2ccccc21. The van der Waals surface area contributed by atoms with Gasteiger partial charge in [0.2, 0.25) is 0 Å². The van der Waals surface area contributed by atoms with Crippen LogP contribution in [0.3, 0.4) is 0 Å². The number of carboxylic acid groups (broad SMARTS) is 1. The Balaban J connectivity index is 1.78. The summed E-state index contributed by atoms with van der Waals surface area (Å²) in [4.78, 5) is 25.7. The second kappa shape index (κ2) is 5.37. The Kier molecular flexibility index (Phi) is 3.55. The average molecular weight is 290 g/mol. The van der Waals surface area contributed by atoms with Crippen LogP contribution in [0.4, 0.5) is 10.5 Å². The quantitative estimate of drug-likeness (QED) is 0.862. The van der Waals surface area contributed by atoms with E-state index in [-0.39, 0.29) is 6.03 Å². The summed E-state index contributed by atoms with van der Waals surface area (Å²) in [5, 5.41) is 12.2. The molecule has 1 aromatic rings. The van der Waals surface area contributed by atoms with E-state index in [4.69, 9.17) is 4.74 Å². The van der Waals surface area contributed by atoms with Gasteiger partial charge < -0.3 is 15.2 Å². The molecule has 1 saturated heterocycles. The number of carboxylic acids is 1. The number of urea groups is 1. The first-order chi connectivity index (χ1) is 10.1. The molecular weight excluding hydrogens is 272 g/mol. The Hall–Kier alpha value is -2.08. The Morgan fingerprint density at radius 3 is 2.67 bits per heavy atom. The number of hydrogen-bond acceptors (Lipinski definition) is 3. The Morgan fingerprint density at radius 1 is 1.24 bits per heavy atom. The minimum Gasteiger partial charge on any atom is -0.480 e. The largest absolute Gasteiger partial charge is 0.480 e. The number of rotatable bonds is 2. The van der Waals surface area contributed by atoms with E-state index in [1.165, 1.54) is 0 Å². The maximum absolute atomic E-state index is 12.5. The number of para-hydroxylation sites is 1. The van der Waals surface area contributed by atoms with Crippen LogP contribution in [-0.4, -0.2) is 42.4 Å². The van der Waals surface area contributed by atoms with E-state index in [1.807, 2.05) is 24.3 Å². The normalized spacial score (nSPS) is 19.9.